The van der Waals surface area contributed by atoms with Crippen LogP contribution in [0.2, 0.25) is 0 Å². The van der Waals surface area contributed by atoms with E-state index >= 15 is 0 Å². The van der Waals surface area contributed by atoms with Gasteiger partial charge in [0.25, 0.3) is 0 Å². The maximum Gasteiger partial charge on any atom is 0.332 e. The standard InChI is InChI=1S/C13H25NO3/c1-4-17-13(15)10-16-9-8-14-7-5-6-12(14)11(2)3/h11-12H,4-10H2,1-3H3. The van der Waals surface area contributed by atoms with Crippen molar-refractivity contribution >= 4 is 5.97 Å². The maximum absolute atomic E-state index is 11.1. The SMILES string of the molecule is CCOC(=O)COCCN1CCCC1C(C)C. The second-order valence-corrected chi connectivity index (χ2v) is 4.85. The summed E-state index contributed by atoms with van der Waals surface area (Å²) in [7, 11) is 0. The minimum Gasteiger partial charge on any atom is -0.464 e. The molecule has 0 amide bonds. The van der Waals surface area contributed by atoms with Gasteiger partial charge >= 0.3 is 5.97 Å². The molecule has 4 heteroatoms. The third kappa shape index (κ3) is 5.04. The molecule has 1 saturated heterocycles. The minimum absolute atomic E-state index is 0.0774. The summed E-state index contributed by atoms with van der Waals surface area (Å²) < 4.78 is 10.1. The van der Waals surface area contributed by atoms with Crippen molar-refractivity contribution in [3.05, 3.63) is 0 Å². The van der Waals surface area contributed by atoms with Gasteiger partial charge in [-0.15, -0.1) is 0 Å². The highest BCUT2D eigenvalue weighted by Crippen LogP contribution is 2.22. The molecular formula is C13H25NO3. The zero-order valence-electron chi connectivity index (χ0n) is 11.3. The van der Waals surface area contributed by atoms with Crippen LogP contribution in [0.15, 0.2) is 0 Å². The smallest absolute Gasteiger partial charge is 0.332 e. The van der Waals surface area contributed by atoms with E-state index in [0.29, 0.717) is 25.2 Å². The van der Waals surface area contributed by atoms with Crippen LogP contribution >= 0.6 is 0 Å². The second-order valence-electron chi connectivity index (χ2n) is 4.85. The number of hydrogen-bond acceptors (Lipinski definition) is 4. The monoisotopic (exact) mass is 243 g/mol. The Morgan fingerprint density at radius 1 is 1.47 bits per heavy atom. The Morgan fingerprint density at radius 2 is 2.24 bits per heavy atom. The predicted octanol–water partition coefficient (Wildman–Crippen LogP) is 1.69. The zero-order valence-corrected chi connectivity index (χ0v) is 11.3. The summed E-state index contributed by atoms with van der Waals surface area (Å²) in [6.45, 7) is 9.52. The van der Waals surface area contributed by atoms with E-state index in [1.54, 1.807) is 6.92 Å². The Kier molecular flexibility index (Phi) is 6.52. The van der Waals surface area contributed by atoms with Gasteiger partial charge in [-0.1, -0.05) is 13.8 Å². The number of nitrogens with zero attached hydrogens (tertiary/aromatic N) is 1. The lowest BCUT2D eigenvalue weighted by atomic mass is 10.0. The van der Waals surface area contributed by atoms with Gasteiger partial charge in [0.2, 0.25) is 0 Å². The number of ether oxygens (including phenoxy) is 2. The third-order valence-electron chi connectivity index (χ3n) is 3.23. The summed E-state index contributed by atoms with van der Waals surface area (Å²) in [6, 6.07) is 0.682. The van der Waals surface area contributed by atoms with Crippen LogP contribution in [0.4, 0.5) is 0 Å². The molecule has 1 heterocycles. The number of esters is 1. The fourth-order valence-electron chi connectivity index (χ4n) is 2.42. The van der Waals surface area contributed by atoms with Crippen molar-refractivity contribution in [2.75, 3.05) is 32.9 Å². The second kappa shape index (κ2) is 7.67. The lowest BCUT2D eigenvalue weighted by Crippen LogP contribution is -2.36. The number of carbonyl (C=O) groups is 1. The molecule has 1 aliphatic heterocycles. The first kappa shape index (κ1) is 14.5. The molecule has 0 spiro atoms. The molecular weight excluding hydrogens is 218 g/mol. The predicted molar refractivity (Wildman–Crippen MR) is 66.9 cm³/mol. The lowest BCUT2D eigenvalue weighted by molar-refractivity contribution is -0.148. The summed E-state index contributed by atoms with van der Waals surface area (Å²) in [5.41, 5.74) is 0. The van der Waals surface area contributed by atoms with E-state index in [2.05, 4.69) is 18.7 Å². The van der Waals surface area contributed by atoms with Gasteiger partial charge in [-0.25, -0.2) is 4.79 Å². The topological polar surface area (TPSA) is 38.8 Å². The maximum atomic E-state index is 11.1. The molecule has 1 rings (SSSR count). The number of likely N-dealkylation sites (tertiary alicyclic amines) is 1. The van der Waals surface area contributed by atoms with Crippen LogP contribution < -0.4 is 0 Å². The van der Waals surface area contributed by atoms with Gasteiger partial charge in [-0.05, 0) is 32.2 Å². The molecule has 0 radical (unpaired) electrons. The highest BCUT2D eigenvalue weighted by atomic mass is 16.6. The quantitative estimate of drug-likeness (QED) is 0.504. The summed E-state index contributed by atoms with van der Waals surface area (Å²) >= 11 is 0. The fraction of sp³-hybridized carbons (Fsp3) is 0.923. The largest absolute Gasteiger partial charge is 0.464 e. The van der Waals surface area contributed by atoms with Crippen molar-refractivity contribution in [1.82, 2.24) is 4.90 Å². The number of rotatable bonds is 7. The Hall–Kier alpha value is -0.610. The summed E-state index contributed by atoms with van der Waals surface area (Å²) in [6.07, 6.45) is 2.57. The van der Waals surface area contributed by atoms with Gasteiger partial charge < -0.3 is 9.47 Å². The van der Waals surface area contributed by atoms with Crippen LogP contribution in [0, 0.1) is 5.92 Å². The van der Waals surface area contributed by atoms with Gasteiger partial charge in [0, 0.05) is 12.6 Å². The van der Waals surface area contributed by atoms with Gasteiger partial charge in [0.05, 0.1) is 13.2 Å². The summed E-state index contributed by atoms with van der Waals surface area (Å²) in [5, 5.41) is 0. The van der Waals surface area contributed by atoms with Crippen molar-refractivity contribution in [3.63, 3.8) is 0 Å². The summed E-state index contributed by atoms with van der Waals surface area (Å²) in [5.74, 6) is 0.428. The van der Waals surface area contributed by atoms with Crippen LogP contribution in [0.1, 0.15) is 33.6 Å². The van der Waals surface area contributed by atoms with Gasteiger partial charge in [-0.3, -0.25) is 4.90 Å². The molecule has 1 unspecified atom stereocenters. The van der Waals surface area contributed by atoms with Crippen molar-refractivity contribution in [2.24, 2.45) is 5.92 Å². The van der Waals surface area contributed by atoms with Crippen molar-refractivity contribution < 1.29 is 14.3 Å². The molecule has 1 aliphatic rings. The average molecular weight is 243 g/mol. The first-order chi connectivity index (χ1) is 8.15. The van der Waals surface area contributed by atoms with Crippen molar-refractivity contribution in [2.45, 2.75) is 39.7 Å². The highest BCUT2D eigenvalue weighted by molar-refractivity contribution is 5.70. The van der Waals surface area contributed by atoms with E-state index in [9.17, 15) is 4.79 Å². The minimum atomic E-state index is -0.269. The first-order valence-corrected chi connectivity index (χ1v) is 6.62. The van der Waals surface area contributed by atoms with Crippen LogP contribution in [0.25, 0.3) is 0 Å². The van der Waals surface area contributed by atoms with E-state index < -0.39 is 0 Å². The Labute approximate surface area is 104 Å². The lowest BCUT2D eigenvalue weighted by Gasteiger charge is -2.27. The van der Waals surface area contributed by atoms with E-state index in [0.717, 1.165) is 13.1 Å². The first-order valence-electron chi connectivity index (χ1n) is 6.62. The molecule has 0 aromatic rings. The molecule has 0 aromatic carbocycles. The zero-order chi connectivity index (χ0) is 12.7. The van der Waals surface area contributed by atoms with Crippen molar-refractivity contribution in [1.29, 1.82) is 0 Å². The molecule has 0 bridgehead atoms. The molecule has 0 aliphatic carbocycles. The molecule has 0 N–H and O–H groups in total. The molecule has 1 fully saturated rings. The third-order valence-corrected chi connectivity index (χ3v) is 3.23. The van der Waals surface area contributed by atoms with E-state index in [1.807, 2.05) is 0 Å². The highest BCUT2D eigenvalue weighted by Gasteiger charge is 2.26. The molecule has 4 nitrogen and oxygen atoms in total. The van der Waals surface area contributed by atoms with E-state index in [4.69, 9.17) is 9.47 Å². The Balaban J connectivity index is 2.12. The van der Waals surface area contributed by atoms with E-state index in [-0.39, 0.29) is 12.6 Å². The molecule has 17 heavy (non-hydrogen) atoms. The Bertz CT molecular complexity index is 231. The summed E-state index contributed by atoms with van der Waals surface area (Å²) in [4.78, 5) is 13.5. The molecule has 100 valence electrons. The normalized spacial score (nSPS) is 21.1. The van der Waals surface area contributed by atoms with Crippen molar-refractivity contribution in [3.8, 4) is 0 Å². The van der Waals surface area contributed by atoms with Gasteiger partial charge in [0.15, 0.2) is 0 Å². The van der Waals surface area contributed by atoms with Gasteiger partial charge in [0.1, 0.15) is 6.61 Å². The van der Waals surface area contributed by atoms with Crippen LogP contribution in [0.3, 0.4) is 0 Å². The van der Waals surface area contributed by atoms with Gasteiger partial charge in [-0.2, -0.15) is 0 Å². The molecule has 0 aromatic heterocycles. The molecule has 1 atom stereocenters. The number of hydrogen-bond donors (Lipinski definition) is 0. The van der Waals surface area contributed by atoms with Crippen LogP contribution in [0.5, 0.6) is 0 Å². The van der Waals surface area contributed by atoms with Crippen LogP contribution in [-0.4, -0.2) is 49.8 Å². The Morgan fingerprint density at radius 3 is 2.88 bits per heavy atom. The van der Waals surface area contributed by atoms with Crippen LogP contribution in [-0.2, 0) is 14.3 Å². The average Bonchev–Trinajstić information content (AvgIpc) is 2.73. The van der Waals surface area contributed by atoms with E-state index in [1.165, 1.54) is 12.8 Å². The molecule has 0 saturated carbocycles. The fourth-order valence-corrected chi connectivity index (χ4v) is 2.42. The number of carbonyl (C=O) groups excluding carboxylic acids is 1.